The number of rotatable bonds is 5. The zero-order chi connectivity index (χ0) is 14.9. The molecular formula is C16H20FN3S. The first-order chi connectivity index (χ1) is 10.1. The Bertz CT molecular complexity index is 596. The Morgan fingerprint density at radius 1 is 1.19 bits per heavy atom. The number of hydrogen-bond acceptors (Lipinski definition) is 4. The number of nitrogens with zero attached hydrogens (tertiary/aromatic N) is 3. The van der Waals surface area contributed by atoms with E-state index in [9.17, 15) is 4.39 Å². The van der Waals surface area contributed by atoms with Gasteiger partial charge in [-0.1, -0.05) is 26.0 Å². The molecule has 2 aromatic rings. The molecule has 5 heteroatoms. The normalized spacial score (nSPS) is 16.8. The lowest BCUT2D eigenvalue weighted by molar-refractivity contribution is 0.194. The Balaban J connectivity index is 1.63. The predicted molar refractivity (Wildman–Crippen MR) is 84.3 cm³/mol. The molecule has 1 saturated heterocycles. The molecule has 3 nitrogen and oxygen atoms in total. The summed E-state index contributed by atoms with van der Waals surface area (Å²) in [5, 5.41) is 1.02. The van der Waals surface area contributed by atoms with Crippen LogP contribution in [-0.2, 0) is 6.42 Å². The SMILES string of the molecule is CCC1(CC)CN(c2nc(Cc3ccc(F)cc3)ns2)C1. The second-order valence-electron chi connectivity index (χ2n) is 5.86. The Hall–Kier alpha value is -1.49. The summed E-state index contributed by atoms with van der Waals surface area (Å²) >= 11 is 1.47. The van der Waals surface area contributed by atoms with Crippen LogP contribution in [0.4, 0.5) is 9.52 Å². The molecule has 0 spiro atoms. The van der Waals surface area contributed by atoms with Crippen LogP contribution in [-0.4, -0.2) is 22.4 Å². The van der Waals surface area contributed by atoms with E-state index in [0.29, 0.717) is 11.8 Å². The third-order valence-electron chi connectivity index (χ3n) is 4.56. The minimum atomic E-state index is -0.207. The van der Waals surface area contributed by atoms with Gasteiger partial charge in [0.25, 0.3) is 0 Å². The summed E-state index contributed by atoms with van der Waals surface area (Å²) in [6, 6.07) is 6.54. The molecule has 0 N–H and O–H groups in total. The smallest absolute Gasteiger partial charge is 0.205 e. The van der Waals surface area contributed by atoms with Gasteiger partial charge in [0.15, 0.2) is 0 Å². The third-order valence-corrected chi connectivity index (χ3v) is 5.37. The molecule has 1 aliphatic rings. The fourth-order valence-corrected chi connectivity index (χ4v) is 3.51. The lowest BCUT2D eigenvalue weighted by atomic mass is 9.75. The molecule has 3 rings (SSSR count). The number of aromatic nitrogens is 2. The molecule has 0 unspecified atom stereocenters. The highest BCUT2D eigenvalue weighted by Crippen LogP contribution is 2.40. The summed E-state index contributed by atoms with van der Waals surface area (Å²) in [5.41, 5.74) is 1.52. The quantitative estimate of drug-likeness (QED) is 0.839. The summed E-state index contributed by atoms with van der Waals surface area (Å²) in [7, 11) is 0. The zero-order valence-electron chi connectivity index (χ0n) is 12.5. The molecule has 112 valence electrons. The summed E-state index contributed by atoms with van der Waals surface area (Å²) in [6.07, 6.45) is 3.11. The van der Waals surface area contributed by atoms with Crippen LogP contribution in [0.3, 0.4) is 0 Å². The van der Waals surface area contributed by atoms with E-state index in [0.717, 1.165) is 29.6 Å². The molecule has 0 bridgehead atoms. The van der Waals surface area contributed by atoms with Crippen molar-refractivity contribution in [3.63, 3.8) is 0 Å². The van der Waals surface area contributed by atoms with E-state index in [-0.39, 0.29) is 5.82 Å². The van der Waals surface area contributed by atoms with Crippen molar-refractivity contribution in [2.24, 2.45) is 5.41 Å². The van der Waals surface area contributed by atoms with E-state index < -0.39 is 0 Å². The minimum Gasteiger partial charge on any atom is -0.346 e. The average Bonchev–Trinajstić information content (AvgIpc) is 2.90. The third kappa shape index (κ3) is 2.93. The van der Waals surface area contributed by atoms with Gasteiger partial charge in [-0.25, -0.2) is 9.37 Å². The summed E-state index contributed by atoms with van der Waals surface area (Å²) in [4.78, 5) is 6.94. The maximum absolute atomic E-state index is 12.9. The van der Waals surface area contributed by atoms with E-state index >= 15 is 0 Å². The van der Waals surface area contributed by atoms with Gasteiger partial charge >= 0.3 is 0 Å². The van der Waals surface area contributed by atoms with Gasteiger partial charge in [0.05, 0.1) is 0 Å². The molecule has 0 aliphatic carbocycles. The van der Waals surface area contributed by atoms with Gasteiger partial charge in [0.2, 0.25) is 5.13 Å². The number of hydrogen-bond donors (Lipinski definition) is 0. The summed E-state index contributed by atoms with van der Waals surface area (Å²) in [5.74, 6) is 0.619. The van der Waals surface area contributed by atoms with Crippen LogP contribution < -0.4 is 4.90 Å². The highest BCUT2D eigenvalue weighted by atomic mass is 32.1. The Labute approximate surface area is 129 Å². The molecule has 2 heterocycles. The molecule has 0 saturated carbocycles. The summed E-state index contributed by atoms with van der Waals surface area (Å²) < 4.78 is 17.3. The minimum absolute atomic E-state index is 0.207. The van der Waals surface area contributed by atoms with Gasteiger partial charge < -0.3 is 4.90 Å². The topological polar surface area (TPSA) is 29.0 Å². The molecule has 1 aromatic heterocycles. The average molecular weight is 305 g/mol. The molecule has 21 heavy (non-hydrogen) atoms. The van der Waals surface area contributed by atoms with E-state index in [2.05, 4.69) is 28.1 Å². The predicted octanol–water partition coefficient (Wildman–Crippen LogP) is 3.89. The van der Waals surface area contributed by atoms with Crippen molar-refractivity contribution in [1.82, 2.24) is 9.36 Å². The van der Waals surface area contributed by atoms with Crippen molar-refractivity contribution in [3.05, 3.63) is 41.5 Å². The van der Waals surface area contributed by atoms with Crippen molar-refractivity contribution < 1.29 is 4.39 Å². The fourth-order valence-electron chi connectivity index (χ4n) is 2.83. The first-order valence-corrected chi connectivity index (χ1v) is 8.23. The number of anilines is 1. The van der Waals surface area contributed by atoms with Gasteiger partial charge in [-0.3, -0.25) is 0 Å². The molecule has 0 atom stereocenters. The molecule has 0 amide bonds. The fraction of sp³-hybridized carbons (Fsp3) is 0.500. The Morgan fingerprint density at radius 2 is 1.86 bits per heavy atom. The summed E-state index contributed by atoms with van der Waals surface area (Å²) in [6.45, 7) is 6.71. The lowest BCUT2D eigenvalue weighted by Gasteiger charge is -2.49. The van der Waals surface area contributed by atoms with Gasteiger partial charge in [-0.15, -0.1) is 0 Å². The van der Waals surface area contributed by atoms with E-state index in [4.69, 9.17) is 0 Å². The van der Waals surface area contributed by atoms with Crippen LogP contribution in [0.2, 0.25) is 0 Å². The maximum Gasteiger partial charge on any atom is 0.205 e. The van der Waals surface area contributed by atoms with E-state index in [1.807, 2.05) is 0 Å². The molecule has 1 fully saturated rings. The lowest BCUT2D eigenvalue weighted by Crippen LogP contribution is -2.55. The van der Waals surface area contributed by atoms with Crippen molar-refractivity contribution in [1.29, 1.82) is 0 Å². The van der Waals surface area contributed by atoms with Crippen molar-refractivity contribution >= 4 is 16.7 Å². The number of benzene rings is 1. The zero-order valence-corrected chi connectivity index (χ0v) is 13.3. The largest absolute Gasteiger partial charge is 0.346 e. The highest BCUT2D eigenvalue weighted by Gasteiger charge is 2.41. The van der Waals surface area contributed by atoms with Crippen molar-refractivity contribution in [2.45, 2.75) is 33.1 Å². The van der Waals surface area contributed by atoms with Crippen LogP contribution in [0.25, 0.3) is 0 Å². The number of halogens is 1. The van der Waals surface area contributed by atoms with Crippen LogP contribution in [0.1, 0.15) is 38.1 Å². The molecule has 1 aromatic carbocycles. The molecule has 0 radical (unpaired) electrons. The van der Waals surface area contributed by atoms with Crippen LogP contribution >= 0.6 is 11.5 Å². The van der Waals surface area contributed by atoms with Crippen LogP contribution in [0.5, 0.6) is 0 Å². The Morgan fingerprint density at radius 3 is 2.48 bits per heavy atom. The van der Waals surface area contributed by atoms with Gasteiger partial charge in [-0.05, 0) is 30.5 Å². The van der Waals surface area contributed by atoms with Gasteiger partial charge in [0, 0.05) is 36.5 Å². The highest BCUT2D eigenvalue weighted by molar-refractivity contribution is 7.09. The van der Waals surface area contributed by atoms with Crippen molar-refractivity contribution in [3.8, 4) is 0 Å². The second kappa shape index (κ2) is 5.72. The molecular weight excluding hydrogens is 285 g/mol. The van der Waals surface area contributed by atoms with E-state index in [1.54, 1.807) is 12.1 Å². The van der Waals surface area contributed by atoms with Crippen LogP contribution in [0, 0.1) is 11.2 Å². The maximum atomic E-state index is 12.9. The van der Waals surface area contributed by atoms with Gasteiger partial charge in [-0.2, -0.15) is 4.37 Å². The second-order valence-corrected chi connectivity index (χ2v) is 6.59. The monoisotopic (exact) mass is 305 g/mol. The molecule has 1 aliphatic heterocycles. The Kier molecular flexibility index (Phi) is 3.93. The first-order valence-electron chi connectivity index (χ1n) is 7.46. The standard InChI is InChI=1S/C16H20FN3S/c1-3-16(4-2)10-20(11-16)15-18-14(19-21-15)9-12-5-7-13(17)8-6-12/h5-8H,3-4,9-11H2,1-2H3. The van der Waals surface area contributed by atoms with Crippen molar-refractivity contribution in [2.75, 3.05) is 18.0 Å². The van der Waals surface area contributed by atoms with E-state index in [1.165, 1.54) is 36.5 Å². The van der Waals surface area contributed by atoms with Crippen LogP contribution in [0.15, 0.2) is 24.3 Å². The van der Waals surface area contributed by atoms with Gasteiger partial charge in [0.1, 0.15) is 11.6 Å². The first kappa shape index (κ1) is 14.4.